The van der Waals surface area contributed by atoms with Crippen LogP contribution in [0.1, 0.15) is 34.8 Å². The maximum Gasteiger partial charge on any atom is 0.335 e. The van der Waals surface area contributed by atoms with E-state index in [1.54, 1.807) is 12.1 Å². The lowest BCUT2D eigenvalue weighted by Gasteiger charge is -2.17. The van der Waals surface area contributed by atoms with Crippen LogP contribution in [0.3, 0.4) is 0 Å². The average molecular weight is 221 g/mol. The molecule has 0 heterocycles. The summed E-state index contributed by atoms with van der Waals surface area (Å²) in [5, 5.41) is 8.86. The molecule has 0 bridgehead atoms. The highest BCUT2D eigenvalue weighted by molar-refractivity contribution is 5.87. The number of benzene rings is 1. The van der Waals surface area contributed by atoms with Crippen molar-refractivity contribution in [3.63, 3.8) is 0 Å². The molecule has 1 aromatic rings. The number of carboxylic acid groups (broad SMARTS) is 1. The molecule has 1 N–H and O–H groups in total. The van der Waals surface area contributed by atoms with Crippen LogP contribution in [0.2, 0.25) is 0 Å². The first kappa shape index (κ1) is 12.7. The van der Waals surface area contributed by atoms with Gasteiger partial charge in [-0.05, 0) is 50.2 Å². The standard InChI is InChI=1S/C13H19NO2/c1-4-7-14(3)9-12-6-5-11(13(15)16)8-10(12)2/h5-6,8H,4,7,9H2,1-3H3,(H,15,16). The van der Waals surface area contributed by atoms with Crippen LogP contribution in [-0.4, -0.2) is 29.6 Å². The first-order valence-electron chi connectivity index (χ1n) is 5.56. The van der Waals surface area contributed by atoms with Crippen molar-refractivity contribution < 1.29 is 9.90 Å². The van der Waals surface area contributed by atoms with Crippen LogP contribution < -0.4 is 0 Å². The van der Waals surface area contributed by atoms with Gasteiger partial charge in [-0.2, -0.15) is 0 Å². The van der Waals surface area contributed by atoms with Gasteiger partial charge in [0, 0.05) is 6.54 Å². The molecule has 0 saturated heterocycles. The molecule has 88 valence electrons. The summed E-state index contributed by atoms with van der Waals surface area (Å²) in [4.78, 5) is 13.0. The van der Waals surface area contributed by atoms with E-state index in [9.17, 15) is 4.79 Å². The van der Waals surface area contributed by atoms with Gasteiger partial charge in [0.05, 0.1) is 5.56 Å². The molecule has 0 radical (unpaired) electrons. The maximum atomic E-state index is 10.8. The topological polar surface area (TPSA) is 40.5 Å². The van der Waals surface area contributed by atoms with Crippen LogP contribution in [0.15, 0.2) is 18.2 Å². The highest BCUT2D eigenvalue weighted by Gasteiger charge is 2.07. The van der Waals surface area contributed by atoms with E-state index in [0.717, 1.165) is 25.1 Å². The molecule has 0 amide bonds. The minimum absolute atomic E-state index is 0.361. The first-order valence-corrected chi connectivity index (χ1v) is 5.56. The van der Waals surface area contributed by atoms with Crippen molar-refractivity contribution >= 4 is 5.97 Å². The highest BCUT2D eigenvalue weighted by atomic mass is 16.4. The Morgan fingerprint density at radius 2 is 2.12 bits per heavy atom. The molecule has 0 aliphatic rings. The van der Waals surface area contributed by atoms with Crippen molar-refractivity contribution in [2.24, 2.45) is 0 Å². The molecule has 0 fully saturated rings. The van der Waals surface area contributed by atoms with Crippen molar-refractivity contribution in [1.29, 1.82) is 0 Å². The van der Waals surface area contributed by atoms with E-state index >= 15 is 0 Å². The molecule has 0 aromatic heterocycles. The van der Waals surface area contributed by atoms with Crippen LogP contribution in [0, 0.1) is 6.92 Å². The fourth-order valence-corrected chi connectivity index (χ4v) is 1.76. The zero-order valence-electron chi connectivity index (χ0n) is 10.2. The Morgan fingerprint density at radius 3 is 2.62 bits per heavy atom. The Kier molecular flexibility index (Phi) is 4.50. The van der Waals surface area contributed by atoms with Crippen LogP contribution in [0.25, 0.3) is 0 Å². The smallest absolute Gasteiger partial charge is 0.335 e. The maximum absolute atomic E-state index is 10.8. The second-order valence-corrected chi connectivity index (χ2v) is 4.18. The van der Waals surface area contributed by atoms with Crippen LogP contribution in [0.4, 0.5) is 0 Å². The summed E-state index contributed by atoms with van der Waals surface area (Å²) in [5.41, 5.74) is 2.60. The van der Waals surface area contributed by atoms with Crippen molar-refractivity contribution in [2.45, 2.75) is 26.8 Å². The Bertz CT molecular complexity index is 374. The summed E-state index contributed by atoms with van der Waals surface area (Å²) in [6.45, 7) is 6.04. The number of carboxylic acids is 1. The molecule has 3 heteroatoms. The van der Waals surface area contributed by atoms with Crippen LogP contribution in [0.5, 0.6) is 0 Å². The van der Waals surface area contributed by atoms with Gasteiger partial charge in [-0.15, -0.1) is 0 Å². The van der Waals surface area contributed by atoms with Gasteiger partial charge in [-0.1, -0.05) is 13.0 Å². The Balaban J connectivity index is 2.79. The molecule has 1 aromatic carbocycles. The lowest BCUT2D eigenvalue weighted by atomic mass is 10.0. The van der Waals surface area contributed by atoms with E-state index < -0.39 is 5.97 Å². The number of nitrogens with zero attached hydrogens (tertiary/aromatic N) is 1. The fraction of sp³-hybridized carbons (Fsp3) is 0.462. The number of hydrogen-bond donors (Lipinski definition) is 1. The SMILES string of the molecule is CCCN(C)Cc1ccc(C(=O)O)cc1C. The Hall–Kier alpha value is -1.35. The Labute approximate surface area is 96.7 Å². The molecular formula is C13H19NO2. The third-order valence-corrected chi connectivity index (χ3v) is 2.64. The zero-order valence-corrected chi connectivity index (χ0v) is 10.2. The molecule has 0 aliphatic carbocycles. The molecule has 0 aliphatic heterocycles. The first-order chi connectivity index (χ1) is 7.54. The van der Waals surface area contributed by atoms with Crippen LogP contribution in [-0.2, 0) is 6.54 Å². The molecule has 3 nitrogen and oxygen atoms in total. The normalized spacial score (nSPS) is 10.8. The summed E-state index contributed by atoms with van der Waals surface area (Å²) in [7, 11) is 2.08. The lowest BCUT2D eigenvalue weighted by molar-refractivity contribution is 0.0697. The predicted molar refractivity (Wildman–Crippen MR) is 64.8 cm³/mol. The quantitative estimate of drug-likeness (QED) is 0.830. The monoisotopic (exact) mass is 221 g/mol. The van der Waals surface area contributed by atoms with Gasteiger partial charge in [0.25, 0.3) is 0 Å². The summed E-state index contributed by atoms with van der Waals surface area (Å²) in [6, 6.07) is 5.31. The van der Waals surface area contributed by atoms with E-state index in [2.05, 4.69) is 18.9 Å². The van der Waals surface area contributed by atoms with Gasteiger partial charge in [0.15, 0.2) is 0 Å². The second-order valence-electron chi connectivity index (χ2n) is 4.18. The average Bonchev–Trinajstić information content (AvgIpc) is 2.21. The minimum atomic E-state index is -0.864. The zero-order chi connectivity index (χ0) is 12.1. The third-order valence-electron chi connectivity index (χ3n) is 2.64. The molecule has 1 rings (SSSR count). The molecule has 16 heavy (non-hydrogen) atoms. The van der Waals surface area contributed by atoms with E-state index in [1.807, 2.05) is 13.0 Å². The van der Waals surface area contributed by atoms with Gasteiger partial charge >= 0.3 is 5.97 Å². The van der Waals surface area contributed by atoms with E-state index in [4.69, 9.17) is 5.11 Å². The van der Waals surface area contributed by atoms with E-state index in [-0.39, 0.29) is 0 Å². The van der Waals surface area contributed by atoms with Crippen LogP contribution >= 0.6 is 0 Å². The summed E-state index contributed by atoms with van der Waals surface area (Å²) >= 11 is 0. The van der Waals surface area contributed by atoms with Crippen molar-refractivity contribution in [1.82, 2.24) is 4.90 Å². The molecule has 0 atom stereocenters. The van der Waals surface area contributed by atoms with Gasteiger partial charge in [-0.25, -0.2) is 4.79 Å². The largest absolute Gasteiger partial charge is 0.478 e. The third kappa shape index (κ3) is 3.35. The summed E-state index contributed by atoms with van der Waals surface area (Å²) in [5.74, 6) is -0.864. The number of hydrogen-bond acceptors (Lipinski definition) is 2. The molecular weight excluding hydrogens is 202 g/mol. The lowest BCUT2D eigenvalue weighted by Crippen LogP contribution is -2.19. The Morgan fingerprint density at radius 1 is 1.44 bits per heavy atom. The number of aromatic carboxylic acids is 1. The summed E-state index contributed by atoms with van der Waals surface area (Å²) in [6.07, 6.45) is 1.13. The molecule has 0 spiro atoms. The van der Waals surface area contributed by atoms with Gasteiger partial charge in [-0.3, -0.25) is 0 Å². The second kappa shape index (κ2) is 5.66. The van der Waals surface area contributed by atoms with Crippen molar-refractivity contribution in [3.05, 3.63) is 34.9 Å². The minimum Gasteiger partial charge on any atom is -0.478 e. The van der Waals surface area contributed by atoms with Gasteiger partial charge < -0.3 is 10.0 Å². The van der Waals surface area contributed by atoms with Gasteiger partial charge in [0.1, 0.15) is 0 Å². The van der Waals surface area contributed by atoms with Crippen molar-refractivity contribution in [3.8, 4) is 0 Å². The number of carbonyl (C=O) groups is 1. The van der Waals surface area contributed by atoms with Gasteiger partial charge in [0.2, 0.25) is 0 Å². The number of aryl methyl sites for hydroxylation is 1. The predicted octanol–water partition coefficient (Wildman–Crippen LogP) is 2.54. The highest BCUT2D eigenvalue weighted by Crippen LogP contribution is 2.13. The number of rotatable bonds is 5. The van der Waals surface area contributed by atoms with Crippen molar-refractivity contribution in [2.75, 3.05) is 13.6 Å². The van der Waals surface area contributed by atoms with E-state index in [0.29, 0.717) is 5.56 Å². The van der Waals surface area contributed by atoms with E-state index in [1.165, 1.54) is 5.56 Å². The fourth-order valence-electron chi connectivity index (χ4n) is 1.76. The molecule has 0 unspecified atom stereocenters. The summed E-state index contributed by atoms with van der Waals surface area (Å²) < 4.78 is 0. The molecule has 0 saturated carbocycles.